The molecular weight excluding hydrogens is 132 g/mol. The molecule has 0 aliphatic carbocycles. The Morgan fingerprint density at radius 3 is 2.90 bits per heavy atom. The molecule has 5 nitrogen and oxygen atoms in total. The molecule has 0 unspecified atom stereocenters. The first-order valence-corrected chi connectivity index (χ1v) is 3.13. The number of hydrogen-bond acceptors (Lipinski definition) is 5. The summed E-state index contributed by atoms with van der Waals surface area (Å²) in [4.78, 5) is 0. The molecule has 0 bridgehead atoms. The van der Waals surface area contributed by atoms with E-state index in [1.807, 2.05) is 6.92 Å². The van der Waals surface area contributed by atoms with Crippen LogP contribution in [0, 0.1) is 0 Å². The molecule has 0 amide bonds. The van der Waals surface area contributed by atoms with Gasteiger partial charge in [0.05, 0.1) is 6.54 Å². The Morgan fingerprint density at radius 2 is 2.40 bits per heavy atom. The van der Waals surface area contributed by atoms with Gasteiger partial charge in [-0.25, -0.2) is 0 Å². The maximum atomic E-state index is 5.24. The lowest BCUT2D eigenvalue weighted by atomic mass is 10.7. The highest BCUT2D eigenvalue weighted by molar-refractivity contribution is 5.15. The molecule has 0 fully saturated rings. The number of anilines is 1. The zero-order valence-corrected chi connectivity index (χ0v) is 5.79. The minimum Gasteiger partial charge on any atom is -0.407 e. The Morgan fingerprint density at radius 1 is 1.60 bits per heavy atom. The van der Waals surface area contributed by atoms with Gasteiger partial charge in [-0.15, -0.1) is 5.10 Å². The second-order valence-corrected chi connectivity index (χ2v) is 1.74. The predicted molar refractivity (Wildman–Crippen MR) is 36.4 cm³/mol. The molecule has 0 aromatic carbocycles. The number of nitrogens with one attached hydrogen (secondary N) is 1. The molecule has 3 N–H and O–H groups in total. The number of hydrogen-bond donors (Lipinski definition) is 2. The highest BCUT2D eigenvalue weighted by Gasteiger charge is 2.00. The van der Waals surface area contributed by atoms with E-state index in [0.29, 0.717) is 18.5 Å². The first-order chi connectivity index (χ1) is 4.86. The molecule has 1 aromatic heterocycles. The fourth-order valence-electron chi connectivity index (χ4n) is 0.559. The summed E-state index contributed by atoms with van der Waals surface area (Å²) in [7, 11) is 0. The largest absolute Gasteiger partial charge is 0.407 e. The van der Waals surface area contributed by atoms with Gasteiger partial charge >= 0.3 is 6.01 Å². The van der Waals surface area contributed by atoms with E-state index in [0.717, 1.165) is 6.54 Å². The Bertz CT molecular complexity index is 197. The average molecular weight is 142 g/mol. The van der Waals surface area contributed by atoms with Crippen LogP contribution in [0.15, 0.2) is 4.42 Å². The second kappa shape index (κ2) is 3.17. The predicted octanol–water partition coefficient (Wildman–Crippen LogP) is -0.0399. The van der Waals surface area contributed by atoms with Crippen LogP contribution >= 0.6 is 0 Å². The number of aromatic nitrogens is 2. The van der Waals surface area contributed by atoms with Crippen molar-refractivity contribution in [3.05, 3.63) is 5.89 Å². The zero-order valence-electron chi connectivity index (χ0n) is 5.79. The van der Waals surface area contributed by atoms with E-state index in [1.54, 1.807) is 0 Å². The van der Waals surface area contributed by atoms with Crippen molar-refractivity contribution in [2.24, 2.45) is 5.73 Å². The molecular formula is C5H10N4O. The molecule has 0 aliphatic rings. The normalized spacial score (nSPS) is 9.80. The highest BCUT2D eigenvalue weighted by atomic mass is 16.4. The van der Waals surface area contributed by atoms with Crippen LogP contribution in [0.5, 0.6) is 0 Å². The third-order valence-electron chi connectivity index (χ3n) is 0.969. The van der Waals surface area contributed by atoms with E-state index < -0.39 is 0 Å². The highest BCUT2D eigenvalue weighted by Crippen LogP contribution is 2.02. The molecule has 5 heteroatoms. The topological polar surface area (TPSA) is 77.0 Å². The third kappa shape index (κ3) is 1.44. The van der Waals surface area contributed by atoms with Crippen LogP contribution in [0.25, 0.3) is 0 Å². The van der Waals surface area contributed by atoms with Crippen LogP contribution in [-0.4, -0.2) is 16.7 Å². The number of nitrogens with zero attached hydrogens (tertiary/aromatic N) is 2. The van der Waals surface area contributed by atoms with Gasteiger partial charge in [0.2, 0.25) is 5.89 Å². The Hall–Kier alpha value is -1.10. The van der Waals surface area contributed by atoms with Crippen LogP contribution in [0.2, 0.25) is 0 Å². The Balaban J connectivity index is 2.59. The molecule has 0 radical (unpaired) electrons. The first kappa shape index (κ1) is 7.01. The van der Waals surface area contributed by atoms with E-state index in [9.17, 15) is 0 Å². The van der Waals surface area contributed by atoms with Gasteiger partial charge in [-0.05, 0) is 6.92 Å². The summed E-state index contributed by atoms with van der Waals surface area (Å²) in [6, 6.07) is 0.433. The van der Waals surface area contributed by atoms with Crippen molar-refractivity contribution in [3.63, 3.8) is 0 Å². The summed E-state index contributed by atoms with van der Waals surface area (Å²) in [5.74, 6) is 0.455. The SMILES string of the molecule is CCNc1nnc(CN)o1. The van der Waals surface area contributed by atoms with Gasteiger partial charge in [-0.1, -0.05) is 5.10 Å². The second-order valence-electron chi connectivity index (χ2n) is 1.74. The molecule has 56 valence electrons. The summed E-state index contributed by atoms with van der Waals surface area (Å²) in [5.41, 5.74) is 5.24. The van der Waals surface area contributed by atoms with Gasteiger partial charge in [0.25, 0.3) is 0 Å². The Labute approximate surface area is 58.6 Å². The van der Waals surface area contributed by atoms with Gasteiger partial charge in [0, 0.05) is 6.54 Å². The molecule has 1 rings (SSSR count). The van der Waals surface area contributed by atoms with Gasteiger partial charge in [0.15, 0.2) is 0 Å². The monoisotopic (exact) mass is 142 g/mol. The number of nitrogens with two attached hydrogens (primary N) is 1. The molecule has 0 atom stereocenters. The molecule has 0 saturated heterocycles. The van der Waals surface area contributed by atoms with Crippen LogP contribution in [0.4, 0.5) is 6.01 Å². The van der Waals surface area contributed by atoms with Crippen molar-refractivity contribution >= 4 is 6.01 Å². The lowest BCUT2D eigenvalue weighted by Gasteiger charge is -1.90. The third-order valence-corrected chi connectivity index (χ3v) is 0.969. The van der Waals surface area contributed by atoms with E-state index in [1.165, 1.54) is 0 Å². The van der Waals surface area contributed by atoms with Crippen LogP contribution in [0.3, 0.4) is 0 Å². The first-order valence-electron chi connectivity index (χ1n) is 3.13. The molecule has 0 aliphatic heterocycles. The minimum atomic E-state index is 0.290. The standard InChI is InChI=1S/C5H10N4O/c1-2-7-5-9-8-4(3-6)10-5/h2-3,6H2,1H3,(H,7,9). The lowest BCUT2D eigenvalue weighted by molar-refractivity contribution is 0.508. The van der Waals surface area contributed by atoms with E-state index in [4.69, 9.17) is 10.2 Å². The number of rotatable bonds is 3. The summed E-state index contributed by atoms with van der Waals surface area (Å²) in [5, 5.41) is 10.2. The molecule has 1 heterocycles. The van der Waals surface area contributed by atoms with Crippen molar-refractivity contribution in [3.8, 4) is 0 Å². The quantitative estimate of drug-likeness (QED) is 0.619. The van der Waals surface area contributed by atoms with E-state index in [2.05, 4.69) is 15.5 Å². The van der Waals surface area contributed by atoms with Gasteiger partial charge in [0.1, 0.15) is 0 Å². The molecule has 0 spiro atoms. The molecule has 1 aromatic rings. The molecule has 10 heavy (non-hydrogen) atoms. The summed E-state index contributed by atoms with van der Waals surface area (Å²) >= 11 is 0. The van der Waals surface area contributed by atoms with Crippen LogP contribution < -0.4 is 11.1 Å². The zero-order chi connectivity index (χ0) is 7.40. The van der Waals surface area contributed by atoms with Crippen molar-refractivity contribution in [1.82, 2.24) is 10.2 Å². The fourth-order valence-corrected chi connectivity index (χ4v) is 0.559. The summed E-state index contributed by atoms with van der Waals surface area (Å²) in [6.07, 6.45) is 0. The van der Waals surface area contributed by atoms with Gasteiger partial charge in [-0.3, -0.25) is 0 Å². The van der Waals surface area contributed by atoms with Crippen molar-refractivity contribution in [1.29, 1.82) is 0 Å². The minimum absolute atomic E-state index is 0.290. The smallest absolute Gasteiger partial charge is 0.315 e. The Kier molecular flexibility index (Phi) is 2.22. The van der Waals surface area contributed by atoms with E-state index in [-0.39, 0.29) is 0 Å². The summed E-state index contributed by atoms with van der Waals surface area (Å²) < 4.78 is 5.01. The van der Waals surface area contributed by atoms with Gasteiger partial charge in [-0.2, -0.15) is 0 Å². The fraction of sp³-hybridized carbons (Fsp3) is 0.600. The van der Waals surface area contributed by atoms with Crippen molar-refractivity contribution in [2.75, 3.05) is 11.9 Å². The molecule has 0 saturated carbocycles. The van der Waals surface area contributed by atoms with E-state index >= 15 is 0 Å². The van der Waals surface area contributed by atoms with Crippen molar-refractivity contribution < 1.29 is 4.42 Å². The average Bonchev–Trinajstić information content (AvgIpc) is 2.37. The van der Waals surface area contributed by atoms with Crippen LogP contribution in [0.1, 0.15) is 12.8 Å². The van der Waals surface area contributed by atoms with Gasteiger partial charge < -0.3 is 15.5 Å². The lowest BCUT2D eigenvalue weighted by Crippen LogP contribution is -1.96. The van der Waals surface area contributed by atoms with Crippen molar-refractivity contribution in [2.45, 2.75) is 13.5 Å². The maximum absolute atomic E-state index is 5.24. The maximum Gasteiger partial charge on any atom is 0.315 e. The van der Waals surface area contributed by atoms with Crippen LogP contribution in [-0.2, 0) is 6.54 Å². The summed E-state index contributed by atoms with van der Waals surface area (Å²) in [6.45, 7) is 3.01.